The summed E-state index contributed by atoms with van der Waals surface area (Å²) in [4.78, 5) is 15.1. The SMILES string of the molecule is COCCCNC(=O)C[NH+]1CCN(C(=S)Nc2ccccc2F)CC1. The third-order valence-corrected chi connectivity index (χ3v) is 4.49. The first-order chi connectivity index (χ1) is 12.1. The van der Waals surface area contributed by atoms with Gasteiger partial charge in [0.1, 0.15) is 5.82 Å². The number of piperazine rings is 1. The number of amides is 1. The molecular weight excluding hydrogens is 343 g/mol. The van der Waals surface area contributed by atoms with Crippen LogP contribution in [0.25, 0.3) is 0 Å². The van der Waals surface area contributed by atoms with Crippen LogP contribution in [0.1, 0.15) is 6.42 Å². The molecule has 0 atom stereocenters. The van der Waals surface area contributed by atoms with E-state index in [1.54, 1.807) is 25.3 Å². The van der Waals surface area contributed by atoms with Crippen molar-refractivity contribution in [3.05, 3.63) is 30.1 Å². The Kier molecular flexibility index (Phi) is 8.03. The minimum Gasteiger partial charge on any atom is -0.385 e. The topological polar surface area (TPSA) is 58.0 Å². The first kappa shape index (κ1) is 19.6. The molecule has 138 valence electrons. The van der Waals surface area contributed by atoms with Gasteiger partial charge in [0.2, 0.25) is 0 Å². The molecule has 0 radical (unpaired) electrons. The summed E-state index contributed by atoms with van der Waals surface area (Å²) in [7, 11) is 1.65. The van der Waals surface area contributed by atoms with Gasteiger partial charge in [-0.2, -0.15) is 0 Å². The molecule has 0 spiro atoms. The van der Waals surface area contributed by atoms with E-state index in [1.165, 1.54) is 11.0 Å². The molecule has 0 aromatic heterocycles. The van der Waals surface area contributed by atoms with E-state index in [-0.39, 0.29) is 11.7 Å². The first-order valence-electron chi connectivity index (χ1n) is 8.50. The van der Waals surface area contributed by atoms with Crippen LogP contribution in [0.2, 0.25) is 0 Å². The Bertz CT molecular complexity index is 580. The molecular formula is C17H26FN4O2S+. The number of hydrogen-bond acceptors (Lipinski definition) is 3. The number of anilines is 1. The lowest BCUT2D eigenvalue weighted by Crippen LogP contribution is -3.15. The molecule has 1 aromatic rings. The zero-order valence-electron chi connectivity index (χ0n) is 14.5. The molecule has 1 fully saturated rings. The van der Waals surface area contributed by atoms with Crippen molar-refractivity contribution in [2.45, 2.75) is 6.42 Å². The lowest BCUT2D eigenvalue weighted by atomic mass is 10.3. The van der Waals surface area contributed by atoms with Crippen molar-refractivity contribution in [2.75, 3.05) is 58.3 Å². The maximum Gasteiger partial charge on any atom is 0.275 e. The molecule has 1 saturated heterocycles. The van der Waals surface area contributed by atoms with Crippen LogP contribution < -0.4 is 15.5 Å². The molecule has 2 rings (SSSR count). The van der Waals surface area contributed by atoms with Gasteiger partial charge in [0, 0.05) is 20.3 Å². The highest BCUT2D eigenvalue weighted by molar-refractivity contribution is 7.80. The number of thiocarbonyl (C=S) groups is 1. The molecule has 0 unspecified atom stereocenters. The van der Waals surface area contributed by atoms with Gasteiger partial charge in [0.25, 0.3) is 5.91 Å². The number of ether oxygens (including phenoxy) is 1. The smallest absolute Gasteiger partial charge is 0.275 e. The third kappa shape index (κ3) is 6.56. The van der Waals surface area contributed by atoms with Crippen LogP contribution in [0, 0.1) is 5.82 Å². The van der Waals surface area contributed by atoms with Crippen LogP contribution in [0.4, 0.5) is 10.1 Å². The summed E-state index contributed by atoms with van der Waals surface area (Å²) in [6.07, 6.45) is 0.821. The lowest BCUT2D eigenvalue weighted by molar-refractivity contribution is -0.895. The molecule has 1 aromatic carbocycles. The van der Waals surface area contributed by atoms with Crippen molar-refractivity contribution in [3.8, 4) is 0 Å². The average Bonchev–Trinajstić information content (AvgIpc) is 2.61. The van der Waals surface area contributed by atoms with E-state index >= 15 is 0 Å². The fourth-order valence-electron chi connectivity index (χ4n) is 2.69. The zero-order valence-corrected chi connectivity index (χ0v) is 15.3. The summed E-state index contributed by atoms with van der Waals surface area (Å²) < 4.78 is 18.6. The highest BCUT2D eigenvalue weighted by atomic mass is 32.1. The summed E-state index contributed by atoms with van der Waals surface area (Å²) >= 11 is 5.37. The van der Waals surface area contributed by atoms with Gasteiger partial charge in [0.05, 0.1) is 31.9 Å². The predicted octanol–water partition coefficient (Wildman–Crippen LogP) is -0.124. The van der Waals surface area contributed by atoms with E-state index in [0.717, 1.165) is 32.6 Å². The molecule has 1 heterocycles. The molecule has 8 heteroatoms. The molecule has 0 aliphatic carbocycles. The number of quaternary nitrogens is 1. The van der Waals surface area contributed by atoms with E-state index in [4.69, 9.17) is 17.0 Å². The Morgan fingerprint density at radius 3 is 2.76 bits per heavy atom. The number of nitrogens with zero attached hydrogens (tertiary/aromatic N) is 1. The van der Waals surface area contributed by atoms with E-state index in [9.17, 15) is 9.18 Å². The summed E-state index contributed by atoms with van der Waals surface area (Å²) in [6, 6.07) is 6.47. The quantitative estimate of drug-likeness (QED) is 0.462. The van der Waals surface area contributed by atoms with Crippen molar-refractivity contribution in [2.24, 2.45) is 0 Å². The van der Waals surface area contributed by atoms with Gasteiger partial charge in [-0.1, -0.05) is 12.1 Å². The zero-order chi connectivity index (χ0) is 18.1. The summed E-state index contributed by atoms with van der Waals surface area (Å²) in [5.41, 5.74) is 0.387. The van der Waals surface area contributed by atoms with Gasteiger partial charge in [-0.25, -0.2) is 4.39 Å². The predicted molar refractivity (Wildman–Crippen MR) is 99.3 cm³/mol. The molecule has 1 amide bonds. The largest absolute Gasteiger partial charge is 0.385 e. The normalized spacial score (nSPS) is 15.0. The number of benzene rings is 1. The fourth-order valence-corrected chi connectivity index (χ4v) is 2.99. The van der Waals surface area contributed by atoms with Gasteiger partial charge >= 0.3 is 0 Å². The van der Waals surface area contributed by atoms with E-state index in [1.807, 2.05) is 4.90 Å². The first-order valence-corrected chi connectivity index (χ1v) is 8.90. The van der Waals surface area contributed by atoms with Crippen LogP contribution in [-0.2, 0) is 9.53 Å². The number of para-hydroxylation sites is 1. The Morgan fingerprint density at radius 1 is 1.36 bits per heavy atom. The van der Waals surface area contributed by atoms with Crippen LogP contribution in [-0.4, -0.2) is 68.9 Å². The number of hydrogen-bond donors (Lipinski definition) is 3. The van der Waals surface area contributed by atoms with E-state index < -0.39 is 0 Å². The Hall–Kier alpha value is -1.77. The van der Waals surface area contributed by atoms with Crippen molar-refractivity contribution >= 4 is 28.9 Å². The number of carbonyl (C=O) groups is 1. The van der Waals surface area contributed by atoms with Gasteiger partial charge < -0.3 is 25.2 Å². The number of nitrogens with one attached hydrogen (secondary N) is 3. The second-order valence-electron chi connectivity index (χ2n) is 6.02. The van der Waals surface area contributed by atoms with Crippen molar-refractivity contribution in [1.82, 2.24) is 10.2 Å². The van der Waals surface area contributed by atoms with Crippen molar-refractivity contribution < 1.29 is 18.8 Å². The van der Waals surface area contributed by atoms with Gasteiger partial charge in [-0.3, -0.25) is 4.79 Å². The molecule has 0 bridgehead atoms. The Labute approximate surface area is 153 Å². The van der Waals surface area contributed by atoms with Gasteiger partial charge in [-0.15, -0.1) is 0 Å². The van der Waals surface area contributed by atoms with Gasteiger partial charge in [0.15, 0.2) is 11.7 Å². The summed E-state index contributed by atoms with van der Waals surface area (Å²) in [5.74, 6) is -0.258. The van der Waals surface area contributed by atoms with Crippen LogP contribution in [0.15, 0.2) is 24.3 Å². The maximum atomic E-state index is 13.7. The molecule has 1 aliphatic heterocycles. The molecule has 6 nitrogen and oxygen atoms in total. The monoisotopic (exact) mass is 369 g/mol. The summed E-state index contributed by atoms with van der Waals surface area (Å²) in [6.45, 7) is 4.89. The second kappa shape index (κ2) is 10.3. The van der Waals surface area contributed by atoms with E-state index in [2.05, 4.69) is 10.6 Å². The molecule has 1 aliphatic rings. The Morgan fingerprint density at radius 2 is 2.08 bits per heavy atom. The average molecular weight is 369 g/mol. The maximum absolute atomic E-state index is 13.7. The van der Waals surface area contributed by atoms with Gasteiger partial charge in [-0.05, 0) is 30.8 Å². The summed E-state index contributed by atoms with van der Waals surface area (Å²) in [5, 5.41) is 6.38. The minimum atomic E-state index is -0.320. The highest BCUT2D eigenvalue weighted by Crippen LogP contribution is 2.13. The highest BCUT2D eigenvalue weighted by Gasteiger charge is 2.23. The van der Waals surface area contributed by atoms with Crippen LogP contribution in [0.5, 0.6) is 0 Å². The molecule has 3 N–H and O–H groups in total. The standard InChI is InChI=1S/C17H25FN4O2S/c1-24-12-4-7-19-16(23)13-21-8-10-22(11-9-21)17(25)20-15-6-3-2-5-14(15)18/h2-3,5-6H,4,7-13H2,1H3,(H,19,23)(H,20,25)/p+1. The van der Waals surface area contributed by atoms with Crippen molar-refractivity contribution in [1.29, 1.82) is 0 Å². The molecule has 0 saturated carbocycles. The number of rotatable bonds is 7. The minimum absolute atomic E-state index is 0.0617. The molecule has 25 heavy (non-hydrogen) atoms. The van der Waals surface area contributed by atoms with Crippen molar-refractivity contribution in [3.63, 3.8) is 0 Å². The number of carbonyl (C=O) groups excluding carboxylic acids is 1. The number of halogens is 1. The second-order valence-corrected chi connectivity index (χ2v) is 6.41. The number of methoxy groups -OCH3 is 1. The van der Waals surface area contributed by atoms with Crippen LogP contribution >= 0.6 is 12.2 Å². The third-order valence-electron chi connectivity index (χ3n) is 4.13. The lowest BCUT2D eigenvalue weighted by Gasteiger charge is -2.33. The fraction of sp³-hybridized carbons (Fsp3) is 0.529. The van der Waals surface area contributed by atoms with Crippen LogP contribution in [0.3, 0.4) is 0 Å². The van der Waals surface area contributed by atoms with E-state index in [0.29, 0.717) is 30.5 Å². The Balaban J connectivity index is 1.69.